The highest BCUT2D eigenvalue weighted by atomic mass is 16.5. The lowest BCUT2D eigenvalue weighted by Gasteiger charge is -2.07. The van der Waals surface area contributed by atoms with Gasteiger partial charge in [0.15, 0.2) is 11.3 Å². The first-order chi connectivity index (χ1) is 7.25. The van der Waals surface area contributed by atoms with Gasteiger partial charge in [-0.05, 0) is 19.1 Å². The lowest BCUT2D eigenvalue weighted by atomic mass is 10.3. The van der Waals surface area contributed by atoms with E-state index in [0.29, 0.717) is 19.7 Å². The van der Waals surface area contributed by atoms with Crippen LogP contribution >= 0.6 is 0 Å². The third kappa shape index (κ3) is 2.61. The van der Waals surface area contributed by atoms with Gasteiger partial charge < -0.3 is 19.6 Å². The Morgan fingerprint density at radius 3 is 3.00 bits per heavy atom. The predicted molar refractivity (Wildman–Crippen MR) is 57.4 cm³/mol. The van der Waals surface area contributed by atoms with Crippen molar-refractivity contribution in [3.8, 4) is 5.75 Å². The summed E-state index contributed by atoms with van der Waals surface area (Å²) < 4.78 is 10.8. The molecule has 0 saturated heterocycles. The molecular weight excluding hydrogens is 194 g/mol. The third-order valence-corrected chi connectivity index (χ3v) is 2.12. The molecule has 0 aromatic carbocycles. The van der Waals surface area contributed by atoms with Gasteiger partial charge in [0.1, 0.15) is 12.2 Å². The van der Waals surface area contributed by atoms with Gasteiger partial charge in [-0.25, -0.2) is 0 Å². The quantitative estimate of drug-likeness (QED) is 0.702. The Labute approximate surface area is 88.2 Å². The molecule has 0 fully saturated rings. The van der Waals surface area contributed by atoms with Crippen molar-refractivity contribution in [2.75, 3.05) is 19.7 Å². The fraction of sp³-hybridized carbons (Fsp3) is 0.455. The SMILES string of the molecule is CC(O)CNCCOc1cc2ccc1o2. The van der Waals surface area contributed by atoms with E-state index in [4.69, 9.17) is 14.3 Å². The van der Waals surface area contributed by atoms with Gasteiger partial charge in [-0.2, -0.15) is 0 Å². The van der Waals surface area contributed by atoms with E-state index in [1.807, 2.05) is 18.2 Å². The van der Waals surface area contributed by atoms with Gasteiger partial charge in [0.05, 0.1) is 6.10 Å². The lowest BCUT2D eigenvalue weighted by Crippen LogP contribution is -2.28. The first-order valence-corrected chi connectivity index (χ1v) is 5.09. The van der Waals surface area contributed by atoms with Crippen molar-refractivity contribution in [2.24, 2.45) is 0 Å². The molecule has 0 aliphatic carbocycles. The molecular formula is C11H15NO3. The molecule has 2 bridgehead atoms. The summed E-state index contributed by atoms with van der Waals surface area (Å²) in [6.45, 7) is 3.63. The summed E-state index contributed by atoms with van der Waals surface area (Å²) in [6.07, 6.45) is -0.317. The normalized spacial score (nSPS) is 13.5. The Kier molecular flexibility index (Phi) is 3.08. The minimum absolute atomic E-state index is 0.317. The molecule has 0 radical (unpaired) electrons. The summed E-state index contributed by atoms with van der Waals surface area (Å²) in [5.41, 5.74) is 1.64. The maximum Gasteiger partial charge on any atom is 0.169 e. The maximum absolute atomic E-state index is 9.00. The topological polar surface area (TPSA) is 54.6 Å². The molecule has 1 atom stereocenters. The average molecular weight is 209 g/mol. The fourth-order valence-corrected chi connectivity index (χ4v) is 1.42. The molecule has 15 heavy (non-hydrogen) atoms. The van der Waals surface area contributed by atoms with Crippen LogP contribution in [-0.2, 0) is 0 Å². The summed E-state index contributed by atoms with van der Waals surface area (Å²) in [6, 6.07) is 5.69. The largest absolute Gasteiger partial charge is 0.488 e. The zero-order chi connectivity index (χ0) is 10.7. The highest BCUT2D eigenvalue weighted by molar-refractivity contribution is 5.69. The number of ether oxygens (including phenoxy) is 1. The molecule has 2 aromatic rings. The summed E-state index contributed by atoms with van der Waals surface area (Å²) in [5, 5.41) is 12.1. The predicted octanol–water partition coefficient (Wildman–Crippen LogP) is 1.22. The van der Waals surface area contributed by atoms with Crippen molar-refractivity contribution < 1.29 is 14.3 Å². The van der Waals surface area contributed by atoms with Crippen molar-refractivity contribution >= 4 is 11.2 Å². The van der Waals surface area contributed by atoms with Crippen molar-refractivity contribution in [3.05, 3.63) is 18.2 Å². The molecule has 0 spiro atoms. The van der Waals surface area contributed by atoms with Crippen molar-refractivity contribution in [3.63, 3.8) is 0 Å². The summed E-state index contributed by atoms with van der Waals surface area (Å²) in [7, 11) is 0. The number of furan rings is 2. The van der Waals surface area contributed by atoms with Gasteiger partial charge in [-0.3, -0.25) is 0 Å². The Morgan fingerprint density at radius 2 is 2.40 bits per heavy atom. The van der Waals surface area contributed by atoms with Gasteiger partial charge in [0.25, 0.3) is 0 Å². The minimum Gasteiger partial charge on any atom is -0.488 e. The van der Waals surface area contributed by atoms with Crippen LogP contribution in [0, 0.1) is 0 Å². The minimum atomic E-state index is -0.317. The van der Waals surface area contributed by atoms with Crippen LogP contribution in [0.5, 0.6) is 5.75 Å². The first kappa shape index (κ1) is 10.3. The molecule has 82 valence electrons. The summed E-state index contributed by atoms with van der Waals surface area (Å²) in [5.74, 6) is 0.798. The average Bonchev–Trinajstić information content (AvgIpc) is 2.78. The number of hydrogen-bond acceptors (Lipinski definition) is 4. The molecule has 0 aliphatic heterocycles. The number of nitrogens with one attached hydrogen (secondary N) is 1. The zero-order valence-electron chi connectivity index (χ0n) is 8.69. The molecule has 1 unspecified atom stereocenters. The fourth-order valence-electron chi connectivity index (χ4n) is 1.42. The van der Waals surface area contributed by atoms with Crippen molar-refractivity contribution in [1.82, 2.24) is 5.32 Å². The molecule has 2 aromatic heterocycles. The Morgan fingerprint density at radius 1 is 1.53 bits per heavy atom. The Bertz CT molecular complexity index is 396. The van der Waals surface area contributed by atoms with Crippen molar-refractivity contribution in [2.45, 2.75) is 13.0 Å². The van der Waals surface area contributed by atoms with E-state index < -0.39 is 0 Å². The second-order valence-electron chi connectivity index (χ2n) is 3.61. The van der Waals surface area contributed by atoms with Gasteiger partial charge in [-0.15, -0.1) is 0 Å². The number of aliphatic hydroxyl groups is 1. The number of aliphatic hydroxyl groups excluding tert-OH is 1. The summed E-state index contributed by atoms with van der Waals surface area (Å²) >= 11 is 0. The lowest BCUT2D eigenvalue weighted by molar-refractivity contribution is 0.188. The maximum atomic E-state index is 9.00. The van der Waals surface area contributed by atoms with E-state index in [1.165, 1.54) is 0 Å². The van der Waals surface area contributed by atoms with E-state index >= 15 is 0 Å². The monoisotopic (exact) mass is 209 g/mol. The second-order valence-corrected chi connectivity index (χ2v) is 3.61. The van der Waals surface area contributed by atoms with Crippen LogP contribution in [0.2, 0.25) is 0 Å². The summed E-state index contributed by atoms with van der Waals surface area (Å²) in [4.78, 5) is 0. The molecule has 0 aliphatic rings. The molecule has 2 N–H and O–H groups in total. The van der Waals surface area contributed by atoms with Crippen LogP contribution in [0.1, 0.15) is 6.92 Å². The van der Waals surface area contributed by atoms with Crippen LogP contribution < -0.4 is 10.1 Å². The van der Waals surface area contributed by atoms with E-state index in [1.54, 1.807) is 6.92 Å². The molecule has 0 saturated carbocycles. The standard InChI is InChI=1S/C11H15NO3/c1-8(13)7-12-4-5-14-11-6-9-2-3-10(11)15-9/h2-3,6,8,12-13H,4-5,7H2,1H3. The number of hydrogen-bond donors (Lipinski definition) is 2. The Balaban J connectivity index is 1.68. The van der Waals surface area contributed by atoms with E-state index in [-0.39, 0.29) is 6.10 Å². The highest BCUT2D eigenvalue weighted by Gasteiger charge is 2.07. The van der Waals surface area contributed by atoms with Crippen LogP contribution in [0.15, 0.2) is 22.6 Å². The smallest absolute Gasteiger partial charge is 0.169 e. The van der Waals surface area contributed by atoms with Gasteiger partial charge in [-0.1, -0.05) is 0 Å². The molecule has 2 rings (SSSR count). The molecule has 4 heteroatoms. The van der Waals surface area contributed by atoms with E-state index in [2.05, 4.69) is 5.32 Å². The number of rotatable bonds is 6. The van der Waals surface area contributed by atoms with E-state index in [0.717, 1.165) is 16.9 Å². The van der Waals surface area contributed by atoms with Crippen LogP contribution in [-0.4, -0.2) is 30.9 Å². The van der Waals surface area contributed by atoms with Gasteiger partial charge >= 0.3 is 0 Å². The number of fused-ring (bicyclic) bond motifs is 2. The number of benzene rings is 1. The van der Waals surface area contributed by atoms with Gasteiger partial charge in [0.2, 0.25) is 0 Å². The third-order valence-electron chi connectivity index (χ3n) is 2.12. The molecule has 0 amide bonds. The zero-order valence-corrected chi connectivity index (χ0v) is 8.69. The van der Waals surface area contributed by atoms with Crippen molar-refractivity contribution in [1.29, 1.82) is 0 Å². The van der Waals surface area contributed by atoms with E-state index in [9.17, 15) is 0 Å². The first-order valence-electron chi connectivity index (χ1n) is 5.09. The highest BCUT2D eigenvalue weighted by Crippen LogP contribution is 2.28. The van der Waals surface area contributed by atoms with Gasteiger partial charge in [0, 0.05) is 19.2 Å². The molecule has 2 heterocycles. The second kappa shape index (κ2) is 4.51. The van der Waals surface area contributed by atoms with Crippen LogP contribution in [0.25, 0.3) is 11.2 Å². The van der Waals surface area contributed by atoms with Crippen LogP contribution in [0.3, 0.4) is 0 Å². The molecule has 4 nitrogen and oxygen atoms in total. The van der Waals surface area contributed by atoms with Crippen LogP contribution in [0.4, 0.5) is 0 Å². The Hall–Kier alpha value is -1.26.